The van der Waals surface area contributed by atoms with Gasteiger partial charge in [0.2, 0.25) is 6.79 Å². The maximum Gasteiger partial charge on any atom is 0.271 e. The smallest absolute Gasteiger partial charge is 0.271 e. The van der Waals surface area contributed by atoms with Crippen molar-refractivity contribution in [1.29, 1.82) is 0 Å². The number of fused-ring (bicyclic) bond motifs is 1. The standard InChI is InChI=1S/C31H23N3O3/c35-31(33-32-20-22-11-18-29-30(19-22)37-21-36-29)25-12-14-26(15-13-25)34-27(23-7-3-1-4-8-23)16-17-28(34)24-9-5-2-6-10-24/h1-20H,21H2,(H,33,35)/b32-20-. The Morgan fingerprint density at radius 2 is 1.35 bits per heavy atom. The number of nitrogens with zero attached hydrogens (tertiary/aromatic N) is 2. The number of carbonyl (C=O) groups excluding carboxylic acids is 1. The van der Waals surface area contributed by atoms with Gasteiger partial charge in [0.05, 0.1) is 17.6 Å². The first-order valence-electron chi connectivity index (χ1n) is 11.9. The van der Waals surface area contributed by atoms with E-state index in [0.717, 1.165) is 33.8 Å². The molecule has 0 fully saturated rings. The lowest BCUT2D eigenvalue weighted by Gasteiger charge is -2.15. The van der Waals surface area contributed by atoms with E-state index in [9.17, 15) is 4.79 Å². The van der Waals surface area contributed by atoms with Gasteiger partial charge >= 0.3 is 0 Å². The Kier molecular flexibility index (Phi) is 5.97. The summed E-state index contributed by atoms with van der Waals surface area (Å²) in [7, 11) is 0. The number of hydrogen-bond donors (Lipinski definition) is 1. The number of ether oxygens (including phenoxy) is 2. The lowest BCUT2D eigenvalue weighted by Crippen LogP contribution is -2.17. The molecule has 0 saturated heterocycles. The summed E-state index contributed by atoms with van der Waals surface area (Å²) in [5.74, 6) is 1.08. The summed E-state index contributed by atoms with van der Waals surface area (Å²) in [4.78, 5) is 12.7. The highest BCUT2D eigenvalue weighted by Crippen LogP contribution is 2.33. The molecule has 1 aromatic heterocycles. The summed E-state index contributed by atoms with van der Waals surface area (Å²) in [6, 6.07) is 37.8. The van der Waals surface area contributed by atoms with Crippen LogP contribution in [0, 0.1) is 0 Å². The van der Waals surface area contributed by atoms with Crippen molar-refractivity contribution in [2.75, 3.05) is 6.79 Å². The van der Waals surface area contributed by atoms with E-state index < -0.39 is 0 Å². The van der Waals surface area contributed by atoms with Crippen LogP contribution in [0.5, 0.6) is 11.5 Å². The van der Waals surface area contributed by atoms with E-state index >= 15 is 0 Å². The predicted molar refractivity (Wildman–Crippen MR) is 144 cm³/mol. The van der Waals surface area contributed by atoms with Crippen LogP contribution in [0.1, 0.15) is 15.9 Å². The predicted octanol–water partition coefficient (Wildman–Crippen LogP) is 6.30. The van der Waals surface area contributed by atoms with E-state index in [1.54, 1.807) is 6.21 Å². The Labute approximate surface area is 214 Å². The molecule has 0 radical (unpaired) electrons. The largest absolute Gasteiger partial charge is 0.454 e. The third kappa shape index (κ3) is 4.60. The molecule has 0 spiro atoms. The van der Waals surface area contributed by atoms with Crippen molar-refractivity contribution >= 4 is 12.1 Å². The summed E-state index contributed by atoms with van der Waals surface area (Å²) < 4.78 is 12.9. The number of aromatic nitrogens is 1. The van der Waals surface area contributed by atoms with E-state index in [-0.39, 0.29) is 12.7 Å². The molecule has 0 aliphatic carbocycles. The molecule has 1 aliphatic rings. The fourth-order valence-electron chi connectivity index (χ4n) is 4.37. The Hall–Kier alpha value is -5.10. The SMILES string of the molecule is O=C(N/N=C\c1ccc2c(c1)OCO2)c1ccc(-n2c(-c3ccccc3)ccc2-c2ccccc2)cc1. The molecule has 2 heterocycles. The van der Waals surface area contributed by atoms with E-state index in [4.69, 9.17) is 9.47 Å². The van der Waals surface area contributed by atoms with Crippen molar-refractivity contribution in [2.45, 2.75) is 0 Å². The van der Waals surface area contributed by atoms with E-state index in [0.29, 0.717) is 17.1 Å². The van der Waals surface area contributed by atoms with E-state index in [2.05, 4.69) is 51.5 Å². The van der Waals surface area contributed by atoms with Gasteiger partial charge < -0.3 is 14.0 Å². The van der Waals surface area contributed by atoms with E-state index in [1.807, 2.05) is 78.9 Å². The van der Waals surface area contributed by atoms with E-state index in [1.165, 1.54) is 0 Å². The fourth-order valence-corrected chi connectivity index (χ4v) is 4.37. The molecule has 1 amide bonds. The molecule has 0 unspecified atom stereocenters. The Balaban J connectivity index is 1.25. The van der Waals surface area contributed by atoms with Crippen LogP contribution in [-0.2, 0) is 0 Å². The van der Waals surface area contributed by atoms with Crippen molar-refractivity contribution < 1.29 is 14.3 Å². The van der Waals surface area contributed by atoms with Gasteiger partial charge in [-0.3, -0.25) is 4.79 Å². The van der Waals surface area contributed by atoms with Crippen molar-refractivity contribution in [3.8, 4) is 39.7 Å². The molecule has 0 bridgehead atoms. The maximum absolute atomic E-state index is 12.7. The second-order valence-electron chi connectivity index (χ2n) is 8.53. The summed E-state index contributed by atoms with van der Waals surface area (Å²) in [5.41, 5.74) is 9.25. The van der Waals surface area contributed by atoms with Gasteiger partial charge in [-0.05, 0) is 71.3 Å². The molecule has 6 nitrogen and oxygen atoms in total. The molecule has 5 aromatic rings. The van der Waals surface area contributed by atoms with Crippen LogP contribution in [0.25, 0.3) is 28.2 Å². The number of amides is 1. The third-order valence-corrected chi connectivity index (χ3v) is 6.18. The van der Waals surface area contributed by atoms with Crippen molar-refractivity contribution in [3.63, 3.8) is 0 Å². The quantitative estimate of drug-likeness (QED) is 0.227. The van der Waals surface area contributed by atoms with Gasteiger partial charge in [-0.1, -0.05) is 60.7 Å². The Bertz CT molecular complexity index is 1520. The molecule has 6 heteroatoms. The molecule has 1 N–H and O–H groups in total. The Morgan fingerprint density at radius 3 is 2.00 bits per heavy atom. The van der Waals surface area contributed by atoms with Gasteiger partial charge in [0, 0.05) is 11.3 Å². The monoisotopic (exact) mass is 485 g/mol. The third-order valence-electron chi connectivity index (χ3n) is 6.18. The van der Waals surface area contributed by atoms with Crippen molar-refractivity contribution in [2.24, 2.45) is 5.10 Å². The molecule has 1 aliphatic heterocycles. The zero-order valence-corrected chi connectivity index (χ0v) is 19.9. The highest BCUT2D eigenvalue weighted by Gasteiger charge is 2.15. The molecule has 180 valence electrons. The zero-order valence-electron chi connectivity index (χ0n) is 19.9. The fraction of sp³-hybridized carbons (Fsp3) is 0.0323. The van der Waals surface area contributed by atoms with Gasteiger partial charge in [-0.15, -0.1) is 0 Å². The minimum absolute atomic E-state index is 0.214. The number of benzene rings is 4. The Morgan fingerprint density at radius 1 is 0.730 bits per heavy atom. The van der Waals surface area contributed by atoms with Crippen LogP contribution in [-0.4, -0.2) is 23.5 Å². The molecule has 37 heavy (non-hydrogen) atoms. The van der Waals surface area contributed by atoms with Crippen LogP contribution in [0.2, 0.25) is 0 Å². The van der Waals surface area contributed by atoms with Crippen LogP contribution < -0.4 is 14.9 Å². The van der Waals surface area contributed by atoms with Crippen LogP contribution in [0.15, 0.2) is 120 Å². The lowest BCUT2D eigenvalue weighted by atomic mass is 10.1. The molecule has 0 saturated carbocycles. The first-order chi connectivity index (χ1) is 18.3. The average Bonchev–Trinajstić information content (AvgIpc) is 3.61. The van der Waals surface area contributed by atoms with Crippen LogP contribution >= 0.6 is 0 Å². The number of nitrogens with one attached hydrogen (secondary N) is 1. The highest BCUT2D eigenvalue weighted by atomic mass is 16.7. The summed E-state index contributed by atoms with van der Waals surface area (Å²) >= 11 is 0. The number of hydrogen-bond acceptors (Lipinski definition) is 4. The number of carbonyl (C=O) groups is 1. The minimum Gasteiger partial charge on any atom is -0.454 e. The summed E-state index contributed by atoms with van der Waals surface area (Å²) in [5, 5.41) is 4.10. The molecular formula is C31H23N3O3. The van der Waals surface area contributed by atoms with Gasteiger partial charge in [0.25, 0.3) is 5.91 Å². The summed E-state index contributed by atoms with van der Waals surface area (Å²) in [6.07, 6.45) is 1.58. The minimum atomic E-state index is -0.289. The number of hydrazone groups is 1. The normalized spacial score (nSPS) is 12.1. The maximum atomic E-state index is 12.7. The second-order valence-corrected chi connectivity index (χ2v) is 8.53. The van der Waals surface area contributed by atoms with Crippen molar-refractivity contribution in [3.05, 3.63) is 126 Å². The molecule has 6 rings (SSSR count). The topological polar surface area (TPSA) is 64.8 Å². The first-order valence-corrected chi connectivity index (χ1v) is 11.9. The van der Waals surface area contributed by atoms with Gasteiger partial charge in [-0.2, -0.15) is 5.10 Å². The van der Waals surface area contributed by atoms with Crippen molar-refractivity contribution in [1.82, 2.24) is 9.99 Å². The number of rotatable bonds is 6. The van der Waals surface area contributed by atoms with Crippen LogP contribution in [0.3, 0.4) is 0 Å². The highest BCUT2D eigenvalue weighted by molar-refractivity contribution is 5.95. The molecular weight excluding hydrogens is 462 g/mol. The first kappa shape index (κ1) is 22.4. The van der Waals surface area contributed by atoms with Gasteiger partial charge in [0.15, 0.2) is 11.5 Å². The van der Waals surface area contributed by atoms with Gasteiger partial charge in [0.1, 0.15) is 0 Å². The average molecular weight is 486 g/mol. The van der Waals surface area contributed by atoms with Crippen LogP contribution in [0.4, 0.5) is 0 Å². The molecule has 0 atom stereocenters. The zero-order chi connectivity index (χ0) is 25.0. The molecule has 4 aromatic carbocycles. The second kappa shape index (κ2) is 9.87. The van der Waals surface area contributed by atoms with Gasteiger partial charge in [-0.25, -0.2) is 5.43 Å². The summed E-state index contributed by atoms with van der Waals surface area (Å²) in [6.45, 7) is 0.214. The lowest BCUT2D eigenvalue weighted by molar-refractivity contribution is 0.0955.